The number of rotatable bonds is 8. The number of piperazine rings is 1. The van der Waals surface area contributed by atoms with E-state index in [2.05, 4.69) is 30.3 Å². The first-order valence-corrected chi connectivity index (χ1v) is 10.8. The smallest absolute Gasteiger partial charge is 0.194 e. The van der Waals surface area contributed by atoms with Crippen LogP contribution in [0, 0.1) is 6.92 Å². The quantitative estimate of drug-likeness (QED) is 0.385. The number of nitrogens with one attached hydrogen (secondary N) is 1. The van der Waals surface area contributed by atoms with Crippen LogP contribution in [-0.2, 0) is 18.3 Å². The van der Waals surface area contributed by atoms with Crippen LogP contribution in [0.1, 0.15) is 25.0 Å². The maximum absolute atomic E-state index is 6.32. The minimum Gasteiger partial charge on any atom is -0.382 e. The molecule has 1 aliphatic heterocycles. The molecule has 0 saturated carbocycles. The Kier molecular flexibility index (Phi) is 8.27. The van der Waals surface area contributed by atoms with Gasteiger partial charge in [0.2, 0.25) is 0 Å². The summed E-state index contributed by atoms with van der Waals surface area (Å²) in [6.07, 6.45) is 4.41. The lowest BCUT2D eigenvalue weighted by Crippen LogP contribution is -2.52. The zero-order valence-electron chi connectivity index (χ0n) is 18.0. The average molecular weight is 435 g/mol. The fourth-order valence-electron chi connectivity index (χ4n) is 3.30. The Labute approximate surface area is 183 Å². The van der Waals surface area contributed by atoms with E-state index < -0.39 is 0 Å². The van der Waals surface area contributed by atoms with Crippen LogP contribution in [0.15, 0.2) is 23.5 Å². The molecule has 0 spiro atoms. The molecule has 0 unspecified atom stereocenters. The van der Waals surface area contributed by atoms with Crippen molar-refractivity contribution in [1.29, 1.82) is 0 Å². The van der Waals surface area contributed by atoms with Gasteiger partial charge in [0.1, 0.15) is 12.4 Å². The van der Waals surface area contributed by atoms with Gasteiger partial charge in [0, 0.05) is 65.4 Å². The van der Waals surface area contributed by atoms with Gasteiger partial charge in [-0.05, 0) is 26.3 Å². The number of nitrogens with zero attached hydrogens (tertiary/aromatic N) is 7. The standard InChI is InChI=1S/C20H31ClN8O/c1-4-30-13-5-7-23-20(24-15-19-26-25-16(2)27(19)3)29-11-9-28(10-12-29)18-6-8-22-14-17(18)21/h6,8,14H,4-5,7,9-13,15H2,1-3H3,(H,23,24). The molecule has 1 aliphatic rings. The minimum atomic E-state index is 0.488. The Morgan fingerprint density at radius 2 is 2.07 bits per heavy atom. The van der Waals surface area contributed by atoms with Gasteiger partial charge in [0.15, 0.2) is 11.8 Å². The molecule has 164 valence electrons. The molecule has 2 aromatic rings. The van der Waals surface area contributed by atoms with E-state index in [0.29, 0.717) is 11.6 Å². The fraction of sp³-hybridized carbons (Fsp3) is 0.600. The number of aromatic nitrogens is 4. The van der Waals surface area contributed by atoms with E-state index in [9.17, 15) is 0 Å². The van der Waals surface area contributed by atoms with Gasteiger partial charge in [-0.3, -0.25) is 4.98 Å². The number of guanidine groups is 1. The van der Waals surface area contributed by atoms with Gasteiger partial charge in [-0.25, -0.2) is 4.99 Å². The number of anilines is 1. The van der Waals surface area contributed by atoms with Crippen molar-refractivity contribution >= 4 is 23.2 Å². The summed E-state index contributed by atoms with van der Waals surface area (Å²) in [6, 6.07) is 1.97. The molecule has 30 heavy (non-hydrogen) atoms. The first kappa shape index (κ1) is 22.3. The number of pyridine rings is 1. The molecular weight excluding hydrogens is 404 g/mol. The van der Waals surface area contributed by atoms with Crippen molar-refractivity contribution in [2.45, 2.75) is 26.8 Å². The van der Waals surface area contributed by atoms with E-state index in [1.54, 1.807) is 12.4 Å². The van der Waals surface area contributed by atoms with E-state index in [4.69, 9.17) is 21.3 Å². The molecule has 0 radical (unpaired) electrons. The Morgan fingerprint density at radius 1 is 1.27 bits per heavy atom. The Morgan fingerprint density at radius 3 is 2.73 bits per heavy atom. The van der Waals surface area contributed by atoms with E-state index in [1.807, 2.05) is 31.5 Å². The van der Waals surface area contributed by atoms with Gasteiger partial charge < -0.3 is 24.4 Å². The highest BCUT2D eigenvalue weighted by Gasteiger charge is 2.21. The highest BCUT2D eigenvalue weighted by Crippen LogP contribution is 2.25. The summed E-state index contributed by atoms with van der Waals surface area (Å²) in [4.78, 5) is 13.5. The van der Waals surface area contributed by atoms with E-state index in [0.717, 1.165) is 75.7 Å². The molecule has 9 nitrogen and oxygen atoms in total. The lowest BCUT2D eigenvalue weighted by molar-refractivity contribution is 0.145. The summed E-state index contributed by atoms with van der Waals surface area (Å²) in [6.45, 7) is 10.2. The van der Waals surface area contributed by atoms with Gasteiger partial charge in [-0.15, -0.1) is 10.2 Å². The van der Waals surface area contributed by atoms with Crippen LogP contribution in [0.4, 0.5) is 5.69 Å². The Balaban J connectivity index is 1.63. The van der Waals surface area contributed by atoms with Gasteiger partial charge in [0.05, 0.1) is 10.7 Å². The Hall–Kier alpha value is -2.39. The third kappa shape index (κ3) is 5.82. The van der Waals surface area contributed by atoms with Gasteiger partial charge in [-0.1, -0.05) is 11.6 Å². The van der Waals surface area contributed by atoms with Crippen molar-refractivity contribution in [2.24, 2.45) is 12.0 Å². The second kappa shape index (κ2) is 11.1. The number of hydrogen-bond donors (Lipinski definition) is 1. The monoisotopic (exact) mass is 434 g/mol. The summed E-state index contributed by atoms with van der Waals surface area (Å²) in [5.74, 6) is 2.63. The van der Waals surface area contributed by atoms with Crippen LogP contribution in [0.25, 0.3) is 0 Å². The van der Waals surface area contributed by atoms with Crippen LogP contribution in [0.2, 0.25) is 5.02 Å². The molecular formula is C20H31ClN8O. The van der Waals surface area contributed by atoms with Crippen molar-refractivity contribution in [3.05, 3.63) is 35.1 Å². The van der Waals surface area contributed by atoms with Crippen LogP contribution < -0.4 is 10.2 Å². The molecule has 3 heterocycles. The normalized spacial score (nSPS) is 15.0. The number of hydrogen-bond acceptors (Lipinski definition) is 6. The highest BCUT2D eigenvalue weighted by molar-refractivity contribution is 6.33. The number of aliphatic imine (C=N–C) groups is 1. The second-order valence-electron chi connectivity index (χ2n) is 7.14. The summed E-state index contributed by atoms with van der Waals surface area (Å²) in [5.41, 5.74) is 1.03. The molecule has 3 rings (SSSR count). The van der Waals surface area contributed by atoms with Gasteiger partial charge in [-0.2, -0.15) is 0 Å². The van der Waals surface area contributed by atoms with Crippen molar-refractivity contribution < 1.29 is 4.74 Å². The molecule has 2 aromatic heterocycles. The van der Waals surface area contributed by atoms with E-state index in [1.165, 1.54) is 0 Å². The molecule has 0 atom stereocenters. The highest BCUT2D eigenvalue weighted by atomic mass is 35.5. The summed E-state index contributed by atoms with van der Waals surface area (Å²) < 4.78 is 7.42. The minimum absolute atomic E-state index is 0.488. The number of aryl methyl sites for hydroxylation is 1. The summed E-state index contributed by atoms with van der Waals surface area (Å²) in [7, 11) is 1.96. The largest absolute Gasteiger partial charge is 0.382 e. The second-order valence-corrected chi connectivity index (χ2v) is 7.55. The first-order valence-electron chi connectivity index (χ1n) is 10.4. The SMILES string of the molecule is CCOCCCNC(=NCc1nnc(C)n1C)N1CCN(c2ccncc2Cl)CC1. The molecule has 10 heteroatoms. The van der Waals surface area contributed by atoms with Gasteiger partial charge in [0.25, 0.3) is 0 Å². The predicted molar refractivity (Wildman–Crippen MR) is 119 cm³/mol. The summed E-state index contributed by atoms with van der Waals surface area (Å²) in [5, 5.41) is 12.5. The third-order valence-corrected chi connectivity index (χ3v) is 5.47. The van der Waals surface area contributed by atoms with Crippen LogP contribution >= 0.6 is 11.6 Å². The van der Waals surface area contributed by atoms with Crippen molar-refractivity contribution in [3.63, 3.8) is 0 Å². The third-order valence-electron chi connectivity index (χ3n) is 5.18. The number of halogens is 1. The lowest BCUT2D eigenvalue weighted by Gasteiger charge is -2.38. The van der Waals surface area contributed by atoms with Crippen molar-refractivity contribution in [1.82, 2.24) is 30.0 Å². The van der Waals surface area contributed by atoms with Gasteiger partial charge >= 0.3 is 0 Å². The van der Waals surface area contributed by atoms with Crippen LogP contribution in [0.5, 0.6) is 0 Å². The van der Waals surface area contributed by atoms with Crippen molar-refractivity contribution in [3.8, 4) is 0 Å². The predicted octanol–water partition coefficient (Wildman–Crippen LogP) is 1.87. The molecule has 0 aromatic carbocycles. The molecule has 1 N–H and O–H groups in total. The van der Waals surface area contributed by atoms with Crippen LogP contribution in [0.3, 0.4) is 0 Å². The number of ether oxygens (including phenoxy) is 1. The zero-order chi connectivity index (χ0) is 21.3. The fourth-order valence-corrected chi connectivity index (χ4v) is 3.54. The van der Waals surface area contributed by atoms with Crippen LogP contribution in [-0.4, -0.2) is 76.5 Å². The van der Waals surface area contributed by atoms with E-state index >= 15 is 0 Å². The topological polar surface area (TPSA) is 83.7 Å². The molecule has 0 amide bonds. The maximum Gasteiger partial charge on any atom is 0.194 e. The molecule has 0 aliphatic carbocycles. The molecule has 1 fully saturated rings. The average Bonchev–Trinajstić information content (AvgIpc) is 3.08. The zero-order valence-corrected chi connectivity index (χ0v) is 18.8. The Bertz CT molecular complexity index is 832. The van der Waals surface area contributed by atoms with E-state index in [-0.39, 0.29) is 0 Å². The van der Waals surface area contributed by atoms with Crippen molar-refractivity contribution in [2.75, 3.05) is 50.8 Å². The summed E-state index contributed by atoms with van der Waals surface area (Å²) >= 11 is 6.32. The first-order chi connectivity index (χ1) is 14.6. The lowest BCUT2D eigenvalue weighted by atomic mass is 10.2. The molecule has 0 bridgehead atoms. The molecule has 1 saturated heterocycles. The maximum atomic E-state index is 6.32.